The highest BCUT2D eigenvalue weighted by Gasteiger charge is 2.38. The van der Waals surface area contributed by atoms with Gasteiger partial charge in [0.05, 0.1) is 11.0 Å². The summed E-state index contributed by atoms with van der Waals surface area (Å²) in [6.07, 6.45) is -4.54. The Labute approximate surface area is 168 Å². The highest BCUT2D eigenvalue weighted by atomic mass is 35.5. The summed E-state index contributed by atoms with van der Waals surface area (Å²) in [5.41, 5.74) is 0.935. The highest BCUT2D eigenvalue weighted by molar-refractivity contribution is 5.97. The van der Waals surface area contributed by atoms with Crippen LogP contribution in [0.5, 0.6) is 0 Å². The van der Waals surface area contributed by atoms with Crippen molar-refractivity contribution in [3.8, 4) is 0 Å². The van der Waals surface area contributed by atoms with Crippen molar-refractivity contribution < 1.29 is 18.0 Å². The van der Waals surface area contributed by atoms with Gasteiger partial charge in [-0.2, -0.15) is 13.2 Å². The zero-order chi connectivity index (χ0) is 18.4. The van der Waals surface area contributed by atoms with Crippen LogP contribution in [0.25, 0.3) is 11.0 Å². The lowest BCUT2D eigenvalue weighted by Crippen LogP contribution is -2.52. The first-order valence-corrected chi connectivity index (χ1v) is 8.31. The molecule has 1 saturated heterocycles. The molecular weight excluding hydrogens is 404 g/mol. The molecule has 1 unspecified atom stereocenters. The number of rotatable bonds is 2. The molecule has 0 bridgehead atoms. The standard InChI is InChI=1S/C17H21F3N4O.2ClH/c1-10(2)24-14-5-4-12(8-13(14)22-16(24)17(18,19)20)15(25)23-7-6-21-9-11(23)3;;/h4-5,8,10-11,21H,6-7,9H2,1-3H3;2*1H. The van der Waals surface area contributed by atoms with Gasteiger partial charge in [-0.1, -0.05) is 0 Å². The van der Waals surface area contributed by atoms with Crippen LogP contribution in [0.4, 0.5) is 13.2 Å². The van der Waals surface area contributed by atoms with Crippen molar-refractivity contribution >= 4 is 41.8 Å². The molecule has 1 amide bonds. The minimum Gasteiger partial charge on any atom is -0.333 e. The van der Waals surface area contributed by atoms with Crippen molar-refractivity contribution in [2.45, 2.75) is 39.0 Å². The molecule has 1 aromatic carbocycles. The number of nitrogens with zero attached hydrogens (tertiary/aromatic N) is 3. The van der Waals surface area contributed by atoms with E-state index in [0.29, 0.717) is 30.7 Å². The Kier molecular flexibility index (Phi) is 7.55. The van der Waals surface area contributed by atoms with Crippen LogP contribution in [0.1, 0.15) is 43.0 Å². The van der Waals surface area contributed by atoms with E-state index in [4.69, 9.17) is 0 Å². The Morgan fingerprint density at radius 1 is 1.30 bits per heavy atom. The molecule has 2 aromatic rings. The predicted molar refractivity (Wildman–Crippen MR) is 103 cm³/mol. The second-order valence-corrected chi connectivity index (χ2v) is 6.65. The van der Waals surface area contributed by atoms with Crippen LogP contribution in [-0.2, 0) is 6.18 Å². The lowest BCUT2D eigenvalue weighted by molar-refractivity contribution is -0.147. The second-order valence-electron chi connectivity index (χ2n) is 6.65. The number of hydrogen-bond donors (Lipinski definition) is 1. The van der Waals surface area contributed by atoms with Crippen molar-refractivity contribution in [2.75, 3.05) is 19.6 Å². The van der Waals surface area contributed by atoms with E-state index in [1.54, 1.807) is 30.9 Å². The number of hydrogen-bond acceptors (Lipinski definition) is 3. The molecule has 0 spiro atoms. The van der Waals surface area contributed by atoms with Gasteiger partial charge >= 0.3 is 6.18 Å². The van der Waals surface area contributed by atoms with E-state index in [0.717, 1.165) is 4.57 Å². The second kappa shape index (κ2) is 8.67. The quantitative estimate of drug-likeness (QED) is 0.791. The van der Waals surface area contributed by atoms with Gasteiger partial charge in [0.2, 0.25) is 5.82 Å². The summed E-state index contributed by atoms with van der Waals surface area (Å²) in [6.45, 7) is 7.28. The van der Waals surface area contributed by atoms with Crippen LogP contribution >= 0.6 is 24.8 Å². The normalized spacial score (nSPS) is 17.6. The van der Waals surface area contributed by atoms with Gasteiger partial charge in [-0.15, -0.1) is 24.8 Å². The van der Waals surface area contributed by atoms with E-state index in [-0.39, 0.29) is 42.3 Å². The molecule has 1 aliphatic rings. The van der Waals surface area contributed by atoms with E-state index >= 15 is 0 Å². The third kappa shape index (κ3) is 4.50. The number of carbonyl (C=O) groups is 1. The Bertz CT molecular complexity index is 807. The van der Waals surface area contributed by atoms with Gasteiger partial charge in [-0.3, -0.25) is 4.79 Å². The topological polar surface area (TPSA) is 50.2 Å². The van der Waals surface area contributed by atoms with Crippen LogP contribution in [0.2, 0.25) is 0 Å². The van der Waals surface area contributed by atoms with E-state index in [9.17, 15) is 18.0 Å². The fourth-order valence-electron chi connectivity index (χ4n) is 3.26. The molecule has 152 valence electrons. The molecule has 1 atom stereocenters. The molecule has 5 nitrogen and oxygen atoms in total. The third-order valence-electron chi connectivity index (χ3n) is 4.47. The number of imidazole rings is 1. The van der Waals surface area contributed by atoms with Gasteiger partial charge in [0.15, 0.2) is 0 Å². The average molecular weight is 427 g/mol. The van der Waals surface area contributed by atoms with Gasteiger partial charge in [0.1, 0.15) is 0 Å². The van der Waals surface area contributed by atoms with Gasteiger partial charge in [0, 0.05) is 37.3 Å². The van der Waals surface area contributed by atoms with E-state index < -0.39 is 18.0 Å². The van der Waals surface area contributed by atoms with Gasteiger partial charge in [-0.25, -0.2) is 4.98 Å². The molecule has 27 heavy (non-hydrogen) atoms. The van der Waals surface area contributed by atoms with Gasteiger partial charge in [0.25, 0.3) is 5.91 Å². The number of halogens is 5. The molecule has 0 radical (unpaired) electrons. The number of aromatic nitrogens is 2. The minimum absolute atomic E-state index is 0. The van der Waals surface area contributed by atoms with E-state index in [2.05, 4.69) is 10.3 Å². The molecule has 10 heteroatoms. The summed E-state index contributed by atoms with van der Waals surface area (Å²) in [7, 11) is 0. The Morgan fingerprint density at radius 3 is 2.52 bits per heavy atom. The lowest BCUT2D eigenvalue weighted by Gasteiger charge is -2.34. The first-order chi connectivity index (χ1) is 11.7. The van der Waals surface area contributed by atoms with Gasteiger partial charge in [-0.05, 0) is 39.0 Å². The highest BCUT2D eigenvalue weighted by Crippen LogP contribution is 2.34. The maximum atomic E-state index is 13.3. The van der Waals surface area contributed by atoms with Crippen molar-refractivity contribution in [1.29, 1.82) is 0 Å². The van der Waals surface area contributed by atoms with Crippen molar-refractivity contribution in [2.24, 2.45) is 0 Å². The zero-order valence-corrected chi connectivity index (χ0v) is 16.8. The smallest absolute Gasteiger partial charge is 0.333 e. The lowest BCUT2D eigenvalue weighted by atomic mass is 10.1. The molecule has 0 saturated carbocycles. The SMILES string of the molecule is CC1CNCCN1C(=O)c1ccc2c(c1)nc(C(F)(F)F)n2C(C)C.Cl.Cl. The number of fused-ring (bicyclic) bond motifs is 1. The number of carbonyl (C=O) groups excluding carboxylic acids is 1. The van der Waals surface area contributed by atoms with Crippen LogP contribution in [0.15, 0.2) is 18.2 Å². The number of amides is 1. The Hall–Kier alpha value is -1.51. The Morgan fingerprint density at radius 2 is 1.96 bits per heavy atom. The average Bonchev–Trinajstić information content (AvgIpc) is 2.93. The molecule has 3 rings (SSSR count). The number of piperazine rings is 1. The summed E-state index contributed by atoms with van der Waals surface area (Å²) < 4.78 is 41.0. The maximum absolute atomic E-state index is 13.3. The molecule has 1 fully saturated rings. The fourth-order valence-corrected chi connectivity index (χ4v) is 3.26. The summed E-state index contributed by atoms with van der Waals surface area (Å²) >= 11 is 0. The third-order valence-corrected chi connectivity index (χ3v) is 4.47. The summed E-state index contributed by atoms with van der Waals surface area (Å²) in [6, 6.07) is 4.24. The monoisotopic (exact) mass is 426 g/mol. The Balaban J connectivity index is 0.00000182. The fraction of sp³-hybridized carbons (Fsp3) is 0.529. The molecule has 0 aliphatic carbocycles. The number of alkyl halides is 3. The molecular formula is C17H23Cl2F3N4O. The molecule has 1 N–H and O–H groups in total. The van der Waals surface area contributed by atoms with Crippen LogP contribution in [0.3, 0.4) is 0 Å². The van der Waals surface area contributed by atoms with E-state index in [1.165, 1.54) is 6.07 Å². The first-order valence-electron chi connectivity index (χ1n) is 8.31. The minimum atomic E-state index is -4.54. The van der Waals surface area contributed by atoms with E-state index in [1.807, 2.05) is 6.92 Å². The van der Waals surface area contributed by atoms with Gasteiger partial charge < -0.3 is 14.8 Å². The summed E-state index contributed by atoms with van der Waals surface area (Å²) in [4.78, 5) is 18.2. The van der Waals surface area contributed by atoms with Crippen LogP contribution in [0, 0.1) is 0 Å². The van der Waals surface area contributed by atoms with Crippen LogP contribution in [-0.4, -0.2) is 46.0 Å². The number of nitrogens with one attached hydrogen (secondary N) is 1. The van der Waals surface area contributed by atoms with Crippen molar-refractivity contribution in [1.82, 2.24) is 19.8 Å². The number of benzene rings is 1. The first kappa shape index (κ1) is 23.5. The predicted octanol–water partition coefficient (Wildman–Crippen LogP) is 3.91. The molecule has 1 aromatic heterocycles. The van der Waals surface area contributed by atoms with Crippen molar-refractivity contribution in [3.05, 3.63) is 29.6 Å². The van der Waals surface area contributed by atoms with Crippen LogP contribution < -0.4 is 5.32 Å². The summed E-state index contributed by atoms with van der Waals surface area (Å²) in [5, 5.41) is 3.21. The summed E-state index contributed by atoms with van der Waals surface area (Å²) in [5.74, 6) is -1.11. The molecule has 2 heterocycles. The molecule has 1 aliphatic heterocycles. The maximum Gasteiger partial charge on any atom is 0.449 e. The van der Waals surface area contributed by atoms with Crippen molar-refractivity contribution in [3.63, 3.8) is 0 Å². The largest absolute Gasteiger partial charge is 0.449 e. The zero-order valence-electron chi connectivity index (χ0n) is 15.2.